The van der Waals surface area contributed by atoms with E-state index in [0.717, 1.165) is 53.3 Å². The van der Waals surface area contributed by atoms with Gasteiger partial charge in [-0.25, -0.2) is 10.3 Å². The van der Waals surface area contributed by atoms with Crippen LogP contribution in [-0.2, 0) is 33.8 Å². The molecule has 0 saturated carbocycles. The van der Waals surface area contributed by atoms with Gasteiger partial charge in [-0.1, -0.05) is 24.3 Å². The van der Waals surface area contributed by atoms with E-state index >= 15 is 0 Å². The van der Waals surface area contributed by atoms with Crippen LogP contribution in [0.1, 0.15) is 46.3 Å². The van der Waals surface area contributed by atoms with Crippen LogP contribution in [0, 0.1) is 0 Å². The number of nitrogens with one attached hydrogen (secondary N) is 2. The molecule has 7 nitrogen and oxygen atoms in total. The lowest BCUT2D eigenvalue weighted by molar-refractivity contribution is -0.186. The van der Waals surface area contributed by atoms with Gasteiger partial charge in [0.1, 0.15) is 0 Å². The van der Waals surface area contributed by atoms with Crippen LogP contribution in [0.25, 0.3) is 10.9 Å². The smallest absolute Gasteiger partial charge is 0.274 e. The Hall–Kier alpha value is -3.16. The minimum atomic E-state index is -0.373. The Bertz CT molecular complexity index is 1130. The Labute approximate surface area is 186 Å². The quantitative estimate of drug-likeness (QED) is 0.604. The molecule has 1 fully saturated rings. The molecule has 3 aromatic rings. The van der Waals surface area contributed by atoms with Crippen molar-refractivity contribution in [2.75, 3.05) is 13.2 Å². The third-order valence-electron chi connectivity index (χ3n) is 6.27. The number of aromatic nitrogens is 1. The first kappa shape index (κ1) is 20.7. The van der Waals surface area contributed by atoms with Gasteiger partial charge in [0.2, 0.25) is 5.91 Å². The molecule has 0 aliphatic carbocycles. The normalized spacial score (nSPS) is 18.4. The van der Waals surface area contributed by atoms with Crippen LogP contribution >= 0.6 is 0 Å². The highest BCUT2D eigenvalue weighted by molar-refractivity contribution is 5.94. The number of ether oxygens (including phenoxy) is 1. The molecule has 2 aliphatic heterocycles. The average molecular weight is 434 g/mol. The molecule has 0 bridgehead atoms. The summed E-state index contributed by atoms with van der Waals surface area (Å²) in [5, 5.41) is 1.09. The van der Waals surface area contributed by atoms with Gasteiger partial charge in [-0.15, -0.1) is 0 Å². The summed E-state index contributed by atoms with van der Waals surface area (Å²) < 4.78 is 5.47. The molecule has 1 unspecified atom stereocenters. The monoisotopic (exact) mass is 433 g/mol. The minimum absolute atomic E-state index is 0.114. The lowest BCUT2D eigenvalue weighted by Gasteiger charge is -2.29. The zero-order chi connectivity index (χ0) is 21.9. The van der Waals surface area contributed by atoms with Crippen molar-refractivity contribution in [3.05, 3.63) is 70.9 Å². The molecule has 5 rings (SSSR count). The van der Waals surface area contributed by atoms with Crippen molar-refractivity contribution in [1.82, 2.24) is 15.4 Å². The van der Waals surface area contributed by atoms with Crippen LogP contribution in [0.2, 0.25) is 0 Å². The number of H-pyrrole nitrogens is 1. The number of hydrogen-bond donors (Lipinski definition) is 2. The van der Waals surface area contributed by atoms with E-state index in [1.54, 1.807) is 6.07 Å². The molecule has 1 saturated heterocycles. The van der Waals surface area contributed by atoms with Crippen molar-refractivity contribution in [3.63, 3.8) is 0 Å². The molecule has 2 aromatic carbocycles. The summed E-state index contributed by atoms with van der Waals surface area (Å²) in [6.45, 7) is 1.87. The second-order valence-corrected chi connectivity index (χ2v) is 8.43. The molecule has 166 valence electrons. The summed E-state index contributed by atoms with van der Waals surface area (Å²) in [4.78, 5) is 35.9. The number of aromatic amines is 1. The van der Waals surface area contributed by atoms with E-state index in [4.69, 9.17) is 9.57 Å². The van der Waals surface area contributed by atoms with Gasteiger partial charge >= 0.3 is 0 Å². The summed E-state index contributed by atoms with van der Waals surface area (Å²) in [5.41, 5.74) is 7.31. The summed E-state index contributed by atoms with van der Waals surface area (Å²) in [6.07, 6.45) is 5.50. The number of benzene rings is 2. The first-order valence-corrected chi connectivity index (χ1v) is 11.2. The number of carbonyl (C=O) groups excluding carboxylic acids is 2. The molecule has 32 heavy (non-hydrogen) atoms. The van der Waals surface area contributed by atoms with E-state index in [-0.39, 0.29) is 18.1 Å². The van der Waals surface area contributed by atoms with Crippen molar-refractivity contribution >= 4 is 22.7 Å². The predicted molar refractivity (Wildman–Crippen MR) is 120 cm³/mol. The van der Waals surface area contributed by atoms with Gasteiger partial charge < -0.3 is 14.6 Å². The Morgan fingerprint density at radius 3 is 2.94 bits per heavy atom. The Balaban J connectivity index is 1.20. The number of rotatable bonds is 5. The van der Waals surface area contributed by atoms with Gasteiger partial charge in [0.15, 0.2) is 6.29 Å². The predicted octanol–water partition coefficient (Wildman–Crippen LogP) is 3.48. The molecular weight excluding hydrogens is 406 g/mol. The first-order valence-electron chi connectivity index (χ1n) is 11.2. The molecule has 0 radical (unpaired) electrons. The van der Waals surface area contributed by atoms with Gasteiger partial charge in [0.25, 0.3) is 5.91 Å². The van der Waals surface area contributed by atoms with E-state index in [1.807, 2.05) is 47.5 Å². The summed E-state index contributed by atoms with van der Waals surface area (Å²) in [7, 11) is 0. The van der Waals surface area contributed by atoms with Crippen molar-refractivity contribution in [3.8, 4) is 0 Å². The zero-order valence-corrected chi connectivity index (χ0v) is 17.9. The van der Waals surface area contributed by atoms with Crippen LogP contribution in [0.5, 0.6) is 0 Å². The maximum Gasteiger partial charge on any atom is 0.274 e. The molecule has 1 aromatic heterocycles. The molecule has 7 heteroatoms. The van der Waals surface area contributed by atoms with Crippen LogP contribution in [0.4, 0.5) is 0 Å². The van der Waals surface area contributed by atoms with E-state index in [9.17, 15) is 9.59 Å². The number of para-hydroxylation sites is 1. The third kappa shape index (κ3) is 4.40. The summed E-state index contributed by atoms with van der Waals surface area (Å²) >= 11 is 0. The van der Waals surface area contributed by atoms with E-state index in [2.05, 4.69) is 10.5 Å². The number of carbonyl (C=O) groups is 2. The SMILES string of the molecule is O=C(NOC1CCCCO1)c1ccc2c(c1)CCN(C(=O)Cc1c[nH]c3ccccc13)C2. The molecule has 1 atom stereocenters. The van der Waals surface area contributed by atoms with Crippen molar-refractivity contribution < 1.29 is 19.2 Å². The van der Waals surface area contributed by atoms with E-state index in [1.165, 1.54) is 0 Å². The van der Waals surface area contributed by atoms with Crippen molar-refractivity contribution in [1.29, 1.82) is 0 Å². The van der Waals surface area contributed by atoms with E-state index in [0.29, 0.717) is 31.7 Å². The Kier molecular flexibility index (Phi) is 5.92. The molecular formula is C25H27N3O4. The van der Waals surface area contributed by atoms with Crippen LogP contribution in [0.15, 0.2) is 48.7 Å². The highest BCUT2D eigenvalue weighted by atomic mass is 16.8. The van der Waals surface area contributed by atoms with Crippen LogP contribution in [0.3, 0.4) is 0 Å². The number of hydroxylamine groups is 1. The molecule has 2 amide bonds. The fraction of sp³-hybridized carbons (Fsp3) is 0.360. The maximum absolute atomic E-state index is 12.9. The third-order valence-corrected chi connectivity index (χ3v) is 6.27. The molecule has 3 heterocycles. The molecule has 2 aliphatic rings. The number of hydrogen-bond acceptors (Lipinski definition) is 4. The Morgan fingerprint density at radius 1 is 1.16 bits per heavy atom. The van der Waals surface area contributed by atoms with Gasteiger partial charge in [-0.3, -0.25) is 9.59 Å². The van der Waals surface area contributed by atoms with Crippen molar-refractivity contribution in [2.45, 2.75) is 44.9 Å². The lowest BCUT2D eigenvalue weighted by atomic mass is 9.96. The van der Waals surface area contributed by atoms with Gasteiger partial charge in [0, 0.05) is 48.8 Å². The summed E-state index contributed by atoms with van der Waals surface area (Å²) in [5.74, 6) is -0.164. The molecule has 0 spiro atoms. The standard InChI is InChI=1S/C25H27N3O4/c29-23(14-20-15-26-22-6-2-1-5-21(20)22)28-11-10-17-13-18(8-9-19(17)16-28)25(30)27-32-24-7-3-4-12-31-24/h1-2,5-6,8-9,13,15,24,26H,3-4,7,10-12,14,16H2,(H,27,30). The summed E-state index contributed by atoms with van der Waals surface area (Å²) in [6, 6.07) is 13.6. The lowest BCUT2D eigenvalue weighted by Crippen LogP contribution is -2.37. The fourth-order valence-corrected chi connectivity index (χ4v) is 4.44. The van der Waals surface area contributed by atoms with Crippen LogP contribution in [-0.4, -0.2) is 41.1 Å². The topological polar surface area (TPSA) is 83.7 Å². The van der Waals surface area contributed by atoms with Gasteiger partial charge in [0.05, 0.1) is 6.42 Å². The van der Waals surface area contributed by atoms with Crippen molar-refractivity contribution in [2.24, 2.45) is 0 Å². The Morgan fingerprint density at radius 2 is 2.06 bits per heavy atom. The molecule has 2 N–H and O–H groups in total. The minimum Gasteiger partial charge on any atom is -0.361 e. The fourth-order valence-electron chi connectivity index (χ4n) is 4.44. The largest absolute Gasteiger partial charge is 0.361 e. The zero-order valence-electron chi connectivity index (χ0n) is 17.9. The van der Waals surface area contributed by atoms with Gasteiger partial charge in [-0.2, -0.15) is 0 Å². The number of nitrogens with zero attached hydrogens (tertiary/aromatic N) is 1. The van der Waals surface area contributed by atoms with E-state index < -0.39 is 0 Å². The van der Waals surface area contributed by atoms with Crippen LogP contribution < -0.4 is 5.48 Å². The second-order valence-electron chi connectivity index (χ2n) is 8.43. The van der Waals surface area contributed by atoms with Gasteiger partial charge in [-0.05, 0) is 54.2 Å². The second kappa shape index (κ2) is 9.14. The highest BCUT2D eigenvalue weighted by Crippen LogP contribution is 2.23. The average Bonchev–Trinajstić information content (AvgIpc) is 3.25. The first-order chi connectivity index (χ1) is 15.7. The number of amides is 2. The number of fused-ring (bicyclic) bond motifs is 2. The maximum atomic E-state index is 12.9. The highest BCUT2D eigenvalue weighted by Gasteiger charge is 2.23.